The molecule has 1 atom stereocenters. The van der Waals surface area contributed by atoms with Gasteiger partial charge in [-0.2, -0.15) is 0 Å². The molecule has 0 aliphatic rings. The summed E-state index contributed by atoms with van der Waals surface area (Å²) in [5.41, 5.74) is 2.23. The third kappa shape index (κ3) is 4.78. The minimum atomic E-state index is -0.464. The molecule has 0 aliphatic heterocycles. The highest BCUT2D eigenvalue weighted by Gasteiger charge is 2.11. The first-order valence-corrected chi connectivity index (χ1v) is 7.78. The summed E-state index contributed by atoms with van der Waals surface area (Å²) in [6.45, 7) is 3.79. The van der Waals surface area contributed by atoms with Gasteiger partial charge in [0.1, 0.15) is 0 Å². The Morgan fingerprint density at radius 1 is 1.25 bits per heavy atom. The molecule has 0 heterocycles. The lowest BCUT2D eigenvalue weighted by atomic mass is 10.1. The van der Waals surface area contributed by atoms with Gasteiger partial charge >= 0.3 is 0 Å². The number of nitrogens with zero attached hydrogens (tertiary/aromatic N) is 1. The Balaban J connectivity index is 1.91. The Kier molecular flexibility index (Phi) is 5.89. The van der Waals surface area contributed by atoms with Crippen molar-refractivity contribution in [3.05, 3.63) is 68.7 Å². The predicted molar refractivity (Wildman–Crippen MR) is 94.3 cm³/mol. The first kappa shape index (κ1) is 17.9. The van der Waals surface area contributed by atoms with E-state index in [1.807, 2.05) is 19.1 Å². The van der Waals surface area contributed by atoms with Crippen LogP contribution in [0.2, 0.25) is 5.02 Å². The highest BCUT2D eigenvalue weighted by Crippen LogP contribution is 2.21. The van der Waals surface area contributed by atoms with E-state index in [-0.39, 0.29) is 24.2 Å². The number of halogens is 1. The number of hydrogen-bond donors (Lipinski definition) is 2. The molecule has 0 bridgehead atoms. The van der Waals surface area contributed by atoms with E-state index < -0.39 is 4.92 Å². The van der Waals surface area contributed by atoms with Crippen LogP contribution in [0.5, 0.6) is 0 Å². The summed E-state index contributed by atoms with van der Waals surface area (Å²) < 4.78 is 0. The van der Waals surface area contributed by atoms with Crippen LogP contribution in [-0.4, -0.2) is 17.4 Å². The van der Waals surface area contributed by atoms with Gasteiger partial charge in [0.25, 0.3) is 5.69 Å². The number of nitro benzene ring substituents is 1. The minimum Gasteiger partial charge on any atom is -0.325 e. The van der Waals surface area contributed by atoms with E-state index in [1.54, 1.807) is 19.1 Å². The molecule has 2 aromatic rings. The van der Waals surface area contributed by atoms with E-state index in [9.17, 15) is 14.9 Å². The van der Waals surface area contributed by atoms with Gasteiger partial charge in [0.2, 0.25) is 5.91 Å². The maximum atomic E-state index is 12.0. The molecule has 2 aromatic carbocycles. The lowest BCUT2D eigenvalue weighted by Gasteiger charge is -2.15. The minimum absolute atomic E-state index is 0.0000143. The number of aryl methyl sites for hydroxylation is 1. The zero-order valence-electron chi connectivity index (χ0n) is 13.4. The van der Waals surface area contributed by atoms with Crippen LogP contribution < -0.4 is 10.6 Å². The monoisotopic (exact) mass is 347 g/mol. The third-order valence-electron chi connectivity index (χ3n) is 3.63. The number of rotatable bonds is 6. The number of nitrogens with one attached hydrogen (secondary N) is 2. The van der Waals surface area contributed by atoms with Crippen LogP contribution in [0, 0.1) is 17.0 Å². The largest absolute Gasteiger partial charge is 0.325 e. The molecular formula is C17H18ClN3O3. The second-order valence-electron chi connectivity index (χ2n) is 5.46. The molecule has 0 spiro atoms. The molecule has 1 amide bonds. The quantitative estimate of drug-likeness (QED) is 0.614. The summed E-state index contributed by atoms with van der Waals surface area (Å²) in [5, 5.41) is 17.3. The number of nitro groups is 1. The average molecular weight is 348 g/mol. The standard InChI is InChI=1S/C17H18ClN3O3/c1-11-9-15(21(23)24)7-8-16(11)20-17(22)10-19-12(2)13-3-5-14(18)6-4-13/h3-9,12,19H,10H2,1-2H3,(H,20,22)/t12-/m1/s1. The van der Waals surface area contributed by atoms with Crippen LogP contribution in [0.4, 0.5) is 11.4 Å². The van der Waals surface area contributed by atoms with E-state index in [0.29, 0.717) is 16.3 Å². The van der Waals surface area contributed by atoms with E-state index in [2.05, 4.69) is 10.6 Å². The van der Waals surface area contributed by atoms with Crippen LogP contribution in [0.25, 0.3) is 0 Å². The van der Waals surface area contributed by atoms with Gasteiger partial charge in [0, 0.05) is 28.9 Å². The molecule has 0 fully saturated rings. The number of anilines is 1. The first-order valence-electron chi connectivity index (χ1n) is 7.40. The van der Waals surface area contributed by atoms with Crippen LogP contribution in [0.1, 0.15) is 24.1 Å². The lowest BCUT2D eigenvalue weighted by Crippen LogP contribution is -2.30. The number of benzene rings is 2. The van der Waals surface area contributed by atoms with Crippen molar-refractivity contribution in [1.82, 2.24) is 5.32 Å². The summed E-state index contributed by atoms with van der Waals surface area (Å²) in [7, 11) is 0. The fourth-order valence-electron chi connectivity index (χ4n) is 2.21. The molecule has 126 valence electrons. The van der Waals surface area contributed by atoms with Crippen LogP contribution in [0.15, 0.2) is 42.5 Å². The first-order chi connectivity index (χ1) is 11.4. The van der Waals surface area contributed by atoms with Crippen molar-refractivity contribution >= 4 is 28.9 Å². The normalized spacial score (nSPS) is 11.8. The molecule has 0 saturated carbocycles. The fourth-order valence-corrected chi connectivity index (χ4v) is 2.34. The van der Waals surface area contributed by atoms with Gasteiger partial charge < -0.3 is 10.6 Å². The Hall–Kier alpha value is -2.44. The highest BCUT2D eigenvalue weighted by atomic mass is 35.5. The number of carbonyl (C=O) groups is 1. The molecule has 2 N–H and O–H groups in total. The summed E-state index contributed by atoms with van der Waals surface area (Å²) in [6.07, 6.45) is 0. The van der Waals surface area contributed by atoms with Crippen molar-refractivity contribution in [3.8, 4) is 0 Å². The molecule has 2 rings (SSSR count). The number of non-ortho nitro benzene ring substituents is 1. The molecule has 6 nitrogen and oxygen atoms in total. The summed E-state index contributed by atoms with van der Waals surface area (Å²) >= 11 is 5.85. The van der Waals surface area contributed by atoms with E-state index in [1.165, 1.54) is 18.2 Å². The van der Waals surface area contributed by atoms with E-state index in [0.717, 1.165) is 5.56 Å². The van der Waals surface area contributed by atoms with Gasteiger partial charge in [-0.15, -0.1) is 0 Å². The van der Waals surface area contributed by atoms with Crippen LogP contribution >= 0.6 is 11.6 Å². The van der Waals surface area contributed by atoms with Crippen molar-refractivity contribution in [2.75, 3.05) is 11.9 Å². The number of hydrogen-bond acceptors (Lipinski definition) is 4. The molecule has 0 aromatic heterocycles. The maximum Gasteiger partial charge on any atom is 0.269 e. The maximum absolute atomic E-state index is 12.0. The van der Waals surface area contributed by atoms with Gasteiger partial charge in [-0.25, -0.2) is 0 Å². The lowest BCUT2D eigenvalue weighted by molar-refractivity contribution is -0.384. The third-order valence-corrected chi connectivity index (χ3v) is 3.89. The van der Waals surface area contributed by atoms with Crippen molar-refractivity contribution in [2.45, 2.75) is 19.9 Å². The molecule has 7 heteroatoms. The van der Waals surface area contributed by atoms with Crippen LogP contribution in [0.3, 0.4) is 0 Å². The second-order valence-corrected chi connectivity index (χ2v) is 5.90. The summed E-state index contributed by atoms with van der Waals surface area (Å²) in [5.74, 6) is -0.215. The second kappa shape index (κ2) is 7.90. The van der Waals surface area contributed by atoms with Gasteiger partial charge in [-0.3, -0.25) is 14.9 Å². The van der Waals surface area contributed by atoms with Crippen molar-refractivity contribution in [1.29, 1.82) is 0 Å². The number of carbonyl (C=O) groups excluding carboxylic acids is 1. The molecule has 24 heavy (non-hydrogen) atoms. The van der Waals surface area contributed by atoms with Crippen molar-refractivity contribution in [2.24, 2.45) is 0 Å². The van der Waals surface area contributed by atoms with Crippen LogP contribution in [-0.2, 0) is 4.79 Å². The SMILES string of the molecule is Cc1cc([N+](=O)[O-])ccc1NC(=O)CN[C@H](C)c1ccc(Cl)cc1. The summed E-state index contributed by atoms with van der Waals surface area (Å²) in [6, 6.07) is 11.7. The van der Waals surface area contributed by atoms with Gasteiger partial charge in [-0.05, 0) is 43.2 Å². The Morgan fingerprint density at radius 3 is 2.50 bits per heavy atom. The molecule has 0 saturated heterocycles. The Bertz CT molecular complexity index is 747. The zero-order chi connectivity index (χ0) is 17.7. The molecule has 0 radical (unpaired) electrons. The number of amides is 1. The molecule has 0 unspecified atom stereocenters. The topological polar surface area (TPSA) is 84.3 Å². The van der Waals surface area contributed by atoms with E-state index >= 15 is 0 Å². The fraction of sp³-hybridized carbons (Fsp3) is 0.235. The van der Waals surface area contributed by atoms with Crippen molar-refractivity contribution < 1.29 is 9.72 Å². The summed E-state index contributed by atoms with van der Waals surface area (Å²) in [4.78, 5) is 22.3. The van der Waals surface area contributed by atoms with Gasteiger partial charge in [0.15, 0.2) is 0 Å². The van der Waals surface area contributed by atoms with E-state index in [4.69, 9.17) is 11.6 Å². The predicted octanol–water partition coefficient (Wildman–Crippen LogP) is 3.85. The van der Waals surface area contributed by atoms with Gasteiger partial charge in [-0.1, -0.05) is 23.7 Å². The van der Waals surface area contributed by atoms with Gasteiger partial charge in [0.05, 0.1) is 11.5 Å². The zero-order valence-corrected chi connectivity index (χ0v) is 14.1. The highest BCUT2D eigenvalue weighted by molar-refractivity contribution is 6.30. The smallest absolute Gasteiger partial charge is 0.269 e. The average Bonchev–Trinajstić information content (AvgIpc) is 2.55. The van der Waals surface area contributed by atoms with Crippen molar-refractivity contribution in [3.63, 3.8) is 0 Å². The molecular weight excluding hydrogens is 330 g/mol. The Labute approximate surface area is 145 Å². The Morgan fingerprint density at radius 2 is 1.92 bits per heavy atom. The molecule has 0 aliphatic carbocycles.